The largest absolute Gasteiger partial charge is 0.390 e. The van der Waals surface area contributed by atoms with E-state index in [-0.39, 0.29) is 17.8 Å². The predicted molar refractivity (Wildman–Crippen MR) is 135 cm³/mol. The monoisotopic (exact) mass is 489 g/mol. The molecule has 184 valence electrons. The average Bonchev–Trinajstić information content (AvgIpc) is 3.31. The van der Waals surface area contributed by atoms with Crippen LogP contribution in [0.5, 0.6) is 0 Å². The normalized spacial score (nSPS) is 21.1. The number of oxime groups is 1. The second kappa shape index (κ2) is 11.1. The van der Waals surface area contributed by atoms with Crippen molar-refractivity contribution in [3.8, 4) is 0 Å². The smallest absolute Gasteiger partial charge is 0.217 e. The van der Waals surface area contributed by atoms with Gasteiger partial charge in [0.15, 0.2) is 5.11 Å². The summed E-state index contributed by atoms with van der Waals surface area (Å²) in [5.74, 6) is -0.400. The molecule has 11 heteroatoms. The molecule has 2 saturated heterocycles. The van der Waals surface area contributed by atoms with Crippen LogP contribution in [0, 0.1) is 5.82 Å². The summed E-state index contributed by atoms with van der Waals surface area (Å²) < 4.78 is 15.0. The summed E-state index contributed by atoms with van der Waals surface area (Å²) in [5, 5.41) is 11.9. The van der Waals surface area contributed by atoms with Gasteiger partial charge in [0.1, 0.15) is 11.9 Å². The van der Waals surface area contributed by atoms with Crippen molar-refractivity contribution in [3.63, 3.8) is 0 Å². The van der Waals surface area contributed by atoms with E-state index < -0.39 is 0 Å². The molecule has 1 aromatic rings. The Balaban J connectivity index is 1.27. The van der Waals surface area contributed by atoms with E-state index in [9.17, 15) is 9.18 Å². The van der Waals surface area contributed by atoms with Gasteiger partial charge in [-0.25, -0.2) is 4.39 Å². The summed E-state index contributed by atoms with van der Waals surface area (Å²) in [7, 11) is 2.12. The van der Waals surface area contributed by atoms with Crippen LogP contribution in [0.4, 0.5) is 10.1 Å². The lowest BCUT2D eigenvalue weighted by molar-refractivity contribution is -0.119. The summed E-state index contributed by atoms with van der Waals surface area (Å²) in [5.41, 5.74) is 6.16. The van der Waals surface area contributed by atoms with Crippen molar-refractivity contribution in [2.75, 3.05) is 57.8 Å². The summed E-state index contributed by atoms with van der Waals surface area (Å²) in [6, 6.07) is 5.18. The van der Waals surface area contributed by atoms with Gasteiger partial charge >= 0.3 is 0 Å². The molecule has 9 nitrogen and oxygen atoms in total. The molecule has 2 fully saturated rings. The van der Waals surface area contributed by atoms with Crippen LogP contribution in [0.2, 0.25) is 0 Å². The van der Waals surface area contributed by atoms with Crippen LogP contribution in [0.3, 0.4) is 0 Å². The molecule has 3 aliphatic rings. The van der Waals surface area contributed by atoms with E-state index in [4.69, 9.17) is 17.1 Å². The van der Waals surface area contributed by atoms with Crippen LogP contribution in [0.15, 0.2) is 28.5 Å². The highest BCUT2D eigenvalue weighted by Gasteiger charge is 2.25. The summed E-state index contributed by atoms with van der Waals surface area (Å²) in [6.45, 7) is 6.62. The van der Waals surface area contributed by atoms with E-state index in [1.165, 1.54) is 13.0 Å². The van der Waals surface area contributed by atoms with E-state index in [1.807, 2.05) is 11.0 Å². The highest BCUT2D eigenvalue weighted by atomic mass is 32.1. The Bertz CT molecular complexity index is 968. The highest BCUT2D eigenvalue weighted by molar-refractivity contribution is 7.80. The van der Waals surface area contributed by atoms with Crippen LogP contribution in [0.25, 0.3) is 0 Å². The van der Waals surface area contributed by atoms with E-state index in [1.54, 1.807) is 6.07 Å². The van der Waals surface area contributed by atoms with Crippen LogP contribution in [-0.4, -0.2) is 91.2 Å². The number of hydrogen-bond donors (Lipinski definition) is 2. The number of piperidine rings is 1. The Morgan fingerprint density at radius 3 is 2.65 bits per heavy atom. The Hall–Kier alpha value is -2.79. The van der Waals surface area contributed by atoms with Crippen LogP contribution in [0.1, 0.15) is 31.7 Å². The second-order valence-corrected chi connectivity index (χ2v) is 9.33. The Kier molecular flexibility index (Phi) is 7.94. The molecule has 34 heavy (non-hydrogen) atoms. The summed E-state index contributed by atoms with van der Waals surface area (Å²) in [6.07, 6.45) is 2.23. The first-order chi connectivity index (χ1) is 16.4. The number of rotatable bonds is 5. The number of benzene rings is 1. The molecule has 2 N–H and O–H groups in total. The van der Waals surface area contributed by atoms with Gasteiger partial charge in [-0.1, -0.05) is 11.2 Å². The fourth-order valence-electron chi connectivity index (χ4n) is 4.25. The molecular formula is C23H32FN7O2S. The molecule has 0 aromatic heterocycles. The maximum Gasteiger partial charge on any atom is 0.217 e. The Labute approximate surface area is 205 Å². The fourth-order valence-corrected chi connectivity index (χ4v) is 4.47. The third-order valence-electron chi connectivity index (χ3n) is 6.37. The number of likely N-dealkylation sites (tertiary alicyclic amines) is 1. The molecule has 0 spiro atoms. The molecule has 0 aliphatic carbocycles. The maximum absolute atomic E-state index is 15.0. The lowest BCUT2D eigenvalue weighted by Gasteiger charge is -2.37. The molecule has 0 bridgehead atoms. The van der Waals surface area contributed by atoms with Gasteiger partial charge < -0.3 is 24.9 Å². The number of thiocarbonyl (C=S) groups is 1. The van der Waals surface area contributed by atoms with Crippen LogP contribution < -0.4 is 15.6 Å². The zero-order chi connectivity index (χ0) is 24.1. The number of halogens is 1. The zero-order valence-electron chi connectivity index (χ0n) is 19.7. The molecule has 1 atom stereocenters. The molecule has 3 aliphatic heterocycles. The van der Waals surface area contributed by atoms with Crippen molar-refractivity contribution < 1.29 is 14.0 Å². The Morgan fingerprint density at radius 1 is 1.24 bits per heavy atom. The van der Waals surface area contributed by atoms with Gasteiger partial charge in [-0.15, -0.1) is 0 Å². The van der Waals surface area contributed by atoms with Crippen molar-refractivity contribution >= 4 is 40.3 Å². The molecule has 3 heterocycles. The third-order valence-corrected chi connectivity index (χ3v) is 6.72. The third kappa shape index (κ3) is 6.20. The SMILES string of the molecule is CC(=O)NCC1CC(c2ccc(N3CCN(C(=S)NN=C4CCN(C)CC4)CC3)c(F)c2)=NO1. The van der Waals surface area contributed by atoms with E-state index in [0.29, 0.717) is 61.2 Å². The van der Waals surface area contributed by atoms with Gasteiger partial charge in [0.2, 0.25) is 5.91 Å². The number of hydrazone groups is 1. The Morgan fingerprint density at radius 2 is 1.97 bits per heavy atom. The molecular weight excluding hydrogens is 457 g/mol. The minimum atomic E-state index is -0.284. The fraction of sp³-hybridized carbons (Fsp3) is 0.565. The summed E-state index contributed by atoms with van der Waals surface area (Å²) in [4.78, 5) is 22.8. The number of amides is 1. The number of carbonyl (C=O) groups excluding carboxylic acids is 1. The molecule has 0 radical (unpaired) electrons. The topological polar surface area (TPSA) is 84.8 Å². The molecule has 1 amide bonds. The van der Waals surface area contributed by atoms with E-state index in [0.717, 1.165) is 31.6 Å². The van der Waals surface area contributed by atoms with Crippen molar-refractivity contribution in [1.82, 2.24) is 20.5 Å². The number of nitrogens with zero attached hydrogens (tertiary/aromatic N) is 5. The number of piperazine rings is 1. The van der Waals surface area contributed by atoms with Crippen molar-refractivity contribution in [2.24, 2.45) is 10.3 Å². The first-order valence-corrected chi connectivity index (χ1v) is 12.1. The van der Waals surface area contributed by atoms with Crippen LogP contribution in [-0.2, 0) is 9.63 Å². The number of nitrogens with one attached hydrogen (secondary N) is 2. The van der Waals surface area contributed by atoms with E-state index >= 15 is 0 Å². The van der Waals surface area contributed by atoms with Crippen molar-refractivity contribution in [1.29, 1.82) is 0 Å². The highest BCUT2D eigenvalue weighted by Crippen LogP contribution is 2.25. The minimum Gasteiger partial charge on any atom is -0.390 e. The van der Waals surface area contributed by atoms with Gasteiger partial charge in [0.25, 0.3) is 0 Å². The van der Waals surface area contributed by atoms with Crippen LogP contribution >= 0.6 is 12.2 Å². The van der Waals surface area contributed by atoms with Gasteiger partial charge in [0, 0.05) is 76.7 Å². The lowest BCUT2D eigenvalue weighted by atomic mass is 10.0. The maximum atomic E-state index is 15.0. The molecule has 1 unspecified atom stereocenters. The number of carbonyl (C=O) groups is 1. The van der Waals surface area contributed by atoms with Gasteiger partial charge in [0.05, 0.1) is 17.9 Å². The van der Waals surface area contributed by atoms with Gasteiger partial charge in [-0.05, 0) is 31.4 Å². The van der Waals surface area contributed by atoms with E-state index in [2.05, 4.69) is 37.8 Å². The first-order valence-electron chi connectivity index (χ1n) is 11.7. The van der Waals surface area contributed by atoms with Crippen molar-refractivity contribution in [3.05, 3.63) is 29.6 Å². The zero-order valence-corrected chi connectivity index (χ0v) is 20.5. The molecule has 0 saturated carbocycles. The molecule has 4 rings (SSSR count). The standard InChI is InChI=1S/C23H32FN7O2S/c1-16(32)25-15-19-14-21(28-33-19)17-3-4-22(20(24)13-17)30-9-11-31(12-10-30)23(34)27-26-18-5-7-29(2)8-6-18/h3-4,13,19H,5-12,14-15H2,1-2H3,(H,25,32)(H,27,34). The molecule has 1 aromatic carbocycles. The predicted octanol–water partition coefficient (Wildman–Crippen LogP) is 1.53. The average molecular weight is 490 g/mol. The quantitative estimate of drug-likeness (QED) is 0.479. The first kappa shape index (κ1) is 24.3. The second-order valence-electron chi connectivity index (χ2n) is 8.95. The number of anilines is 1. The minimum absolute atomic E-state index is 0.116. The number of hydrogen-bond acceptors (Lipinski definition) is 7. The van der Waals surface area contributed by atoms with Crippen molar-refractivity contribution in [2.45, 2.75) is 32.3 Å². The van der Waals surface area contributed by atoms with Gasteiger partial charge in [-0.2, -0.15) is 5.10 Å². The lowest BCUT2D eigenvalue weighted by Crippen LogP contribution is -2.51. The van der Waals surface area contributed by atoms with Gasteiger partial charge in [-0.3, -0.25) is 10.2 Å². The summed E-state index contributed by atoms with van der Waals surface area (Å²) >= 11 is 5.52.